The molecule has 0 bridgehead atoms. The van der Waals surface area contributed by atoms with E-state index in [4.69, 9.17) is 9.47 Å². The molecule has 7 nitrogen and oxygen atoms in total. The van der Waals surface area contributed by atoms with Gasteiger partial charge in [-0.1, -0.05) is 30.3 Å². The fourth-order valence-electron chi connectivity index (χ4n) is 2.51. The Bertz CT molecular complexity index is 623. The number of hydrogen-bond acceptors (Lipinski definition) is 6. The van der Waals surface area contributed by atoms with Crippen molar-refractivity contribution in [2.75, 3.05) is 20.8 Å². The van der Waals surface area contributed by atoms with Gasteiger partial charge in [0.1, 0.15) is 5.60 Å². The Hall–Kier alpha value is -2.57. The summed E-state index contributed by atoms with van der Waals surface area (Å²) < 4.78 is 14.9. The molecular weight excluding hydrogens is 350 g/mol. The molecule has 1 atom stereocenters. The first-order chi connectivity index (χ1) is 12.7. The molecule has 0 radical (unpaired) electrons. The molecule has 1 rings (SSSR count). The lowest BCUT2D eigenvalue weighted by Crippen LogP contribution is -2.46. The Labute approximate surface area is 160 Å². The van der Waals surface area contributed by atoms with Crippen LogP contribution >= 0.6 is 0 Å². The smallest absolute Gasteiger partial charge is 0.410 e. The number of benzene rings is 1. The first-order valence-corrected chi connectivity index (χ1v) is 8.83. The van der Waals surface area contributed by atoms with Crippen molar-refractivity contribution >= 4 is 18.0 Å². The average Bonchev–Trinajstić information content (AvgIpc) is 2.60. The molecule has 0 fully saturated rings. The Morgan fingerprint density at radius 1 is 1.00 bits per heavy atom. The molecule has 0 spiro atoms. The largest absolute Gasteiger partial charge is 0.469 e. The van der Waals surface area contributed by atoms with Gasteiger partial charge in [-0.05, 0) is 32.8 Å². The molecule has 150 valence electrons. The molecule has 0 aromatic heterocycles. The first kappa shape index (κ1) is 22.5. The highest BCUT2D eigenvalue weighted by Crippen LogP contribution is 2.18. The molecule has 0 saturated carbocycles. The number of hydrogen-bond donors (Lipinski definition) is 0. The van der Waals surface area contributed by atoms with Gasteiger partial charge in [-0.2, -0.15) is 0 Å². The van der Waals surface area contributed by atoms with E-state index >= 15 is 0 Å². The highest BCUT2D eigenvalue weighted by molar-refractivity contribution is 5.74. The van der Waals surface area contributed by atoms with E-state index in [-0.39, 0.29) is 19.4 Å². The van der Waals surface area contributed by atoms with Crippen LogP contribution < -0.4 is 0 Å². The van der Waals surface area contributed by atoms with Gasteiger partial charge in [0.15, 0.2) is 0 Å². The quantitative estimate of drug-likeness (QED) is 0.510. The van der Waals surface area contributed by atoms with Gasteiger partial charge in [0.05, 0.1) is 27.1 Å². The second-order valence-electron chi connectivity index (χ2n) is 7.12. The highest BCUT2D eigenvalue weighted by atomic mass is 16.6. The van der Waals surface area contributed by atoms with Crippen LogP contribution in [0.15, 0.2) is 30.3 Å². The lowest BCUT2D eigenvalue weighted by atomic mass is 10.0. The monoisotopic (exact) mass is 379 g/mol. The van der Waals surface area contributed by atoms with Gasteiger partial charge in [0.25, 0.3) is 0 Å². The minimum atomic E-state index is -0.705. The van der Waals surface area contributed by atoms with Crippen molar-refractivity contribution in [2.45, 2.75) is 51.7 Å². The normalized spacial score (nSPS) is 12.0. The predicted octanol–water partition coefficient (Wildman–Crippen LogP) is 2.96. The third-order valence-corrected chi connectivity index (χ3v) is 3.80. The fourth-order valence-corrected chi connectivity index (χ4v) is 2.51. The lowest BCUT2D eigenvalue weighted by molar-refractivity contribution is -0.142. The summed E-state index contributed by atoms with van der Waals surface area (Å²) in [4.78, 5) is 37.7. The molecule has 0 unspecified atom stereocenters. The van der Waals surface area contributed by atoms with Crippen molar-refractivity contribution in [3.8, 4) is 0 Å². The van der Waals surface area contributed by atoms with Crippen molar-refractivity contribution in [1.82, 2.24) is 4.90 Å². The van der Waals surface area contributed by atoms with Crippen LogP contribution in [0.3, 0.4) is 0 Å². The molecule has 1 aromatic carbocycles. The van der Waals surface area contributed by atoms with Gasteiger partial charge in [-0.25, -0.2) is 4.79 Å². The van der Waals surface area contributed by atoms with Crippen molar-refractivity contribution in [3.63, 3.8) is 0 Å². The zero-order chi connectivity index (χ0) is 20.4. The van der Waals surface area contributed by atoms with Crippen LogP contribution in [0.5, 0.6) is 0 Å². The zero-order valence-electron chi connectivity index (χ0n) is 16.7. The van der Waals surface area contributed by atoms with E-state index in [2.05, 4.69) is 4.74 Å². The van der Waals surface area contributed by atoms with E-state index in [9.17, 15) is 14.4 Å². The summed E-state index contributed by atoms with van der Waals surface area (Å²) in [6, 6.07) is 8.98. The minimum absolute atomic E-state index is 0.00219. The molecule has 1 aromatic rings. The van der Waals surface area contributed by atoms with Crippen molar-refractivity contribution < 1.29 is 28.6 Å². The lowest BCUT2D eigenvalue weighted by Gasteiger charge is -2.33. The first-order valence-electron chi connectivity index (χ1n) is 8.83. The van der Waals surface area contributed by atoms with E-state index in [0.29, 0.717) is 6.42 Å². The van der Waals surface area contributed by atoms with Gasteiger partial charge in [0.2, 0.25) is 0 Å². The average molecular weight is 379 g/mol. The number of amides is 1. The Morgan fingerprint density at radius 2 is 1.59 bits per heavy atom. The number of carbonyl (C=O) groups excluding carboxylic acids is 3. The van der Waals surface area contributed by atoms with Crippen LogP contribution in [0, 0.1) is 0 Å². The van der Waals surface area contributed by atoms with E-state index in [1.165, 1.54) is 19.1 Å². The minimum Gasteiger partial charge on any atom is -0.469 e. The van der Waals surface area contributed by atoms with Crippen LogP contribution in [0.4, 0.5) is 4.79 Å². The number of esters is 2. The van der Waals surface area contributed by atoms with Crippen molar-refractivity contribution in [1.29, 1.82) is 0 Å². The summed E-state index contributed by atoms with van der Waals surface area (Å²) in [5, 5.41) is 0. The van der Waals surface area contributed by atoms with Gasteiger partial charge < -0.3 is 19.1 Å². The molecule has 0 heterocycles. The number of nitrogens with zero attached hydrogens (tertiary/aromatic N) is 1. The standard InChI is InChI=1S/C20H29NO6/c1-20(2,3)27-19(24)21(12-11-17(22)25-4)16(14-18(23)26-5)13-15-9-7-6-8-10-15/h6-10,16H,11-14H2,1-5H3/t16-/m1/s1. The fraction of sp³-hybridized carbons (Fsp3) is 0.550. The number of carbonyl (C=O) groups is 3. The summed E-state index contributed by atoms with van der Waals surface area (Å²) >= 11 is 0. The van der Waals surface area contributed by atoms with Gasteiger partial charge in [0, 0.05) is 12.6 Å². The Kier molecular flexibility index (Phi) is 8.78. The van der Waals surface area contributed by atoms with E-state index in [1.807, 2.05) is 30.3 Å². The predicted molar refractivity (Wildman–Crippen MR) is 100 cm³/mol. The Balaban J connectivity index is 3.10. The van der Waals surface area contributed by atoms with Crippen LogP contribution in [0.2, 0.25) is 0 Å². The van der Waals surface area contributed by atoms with Crippen LogP contribution in [-0.4, -0.2) is 55.3 Å². The molecule has 1 amide bonds. The third-order valence-electron chi connectivity index (χ3n) is 3.80. The maximum absolute atomic E-state index is 12.8. The van der Waals surface area contributed by atoms with E-state index < -0.39 is 29.7 Å². The number of methoxy groups -OCH3 is 2. The molecule has 0 aliphatic heterocycles. The van der Waals surface area contributed by atoms with E-state index in [1.54, 1.807) is 20.8 Å². The third kappa shape index (κ3) is 8.57. The molecular formula is C20H29NO6. The second-order valence-corrected chi connectivity index (χ2v) is 7.12. The van der Waals surface area contributed by atoms with Crippen LogP contribution in [-0.2, 0) is 30.2 Å². The molecule has 0 saturated heterocycles. The molecule has 0 N–H and O–H groups in total. The molecule has 7 heteroatoms. The zero-order valence-corrected chi connectivity index (χ0v) is 16.7. The van der Waals surface area contributed by atoms with Gasteiger partial charge in [-0.3, -0.25) is 9.59 Å². The highest BCUT2D eigenvalue weighted by Gasteiger charge is 2.30. The maximum Gasteiger partial charge on any atom is 0.410 e. The van der Waals surface area contributed by atoms with Gasteiger partial charge >= 0.3 is 18.0 Å². The van der Waals surface area contributed by atoms with Crippen LogP contribution in [0.1, 0.15) is 39.2 Å². The number of rotatable bonds is 8. The van der Waals surface area contributed by atoms with Crippen molar-refractivity contribution in [2.24, 2.45) is 0 Å². The molecule has 0 aliphatic carbocycles. The SMILES string of the molecule is COC(=O)CCN(C(=O)OC(C)(C)C)[C@@H](CC(=O)OC)Cc1ccccc1. The van der Waals surface area contributed by atoms with Crippen LogP contribution in [0.25, 0.3) is 0 Å². The molecule has 27 heavy (non-hydrogen) atoms. The van der Waals surface area contributed by atoms with Gasteiger partial charge in [-0.15, -0.1) is 0 Å². The van der Waals surface area contributed by atoms with E-state index in [0.717, 1.165) is 5.56 Å². The summed E-state index contributed by atoms with van der Waals surface area (Å²) in [5.74, 6) is -0.886. The summed E-state index contributed by atoms with van der Waals surface area (Å²) in [6.45, 7) is 5.36. The maximum atomic E-state index is 12.8. The molecule has 0 aliphatic rings. The van der Waals surface area contributed by atoms with Crippen molar-refractivity contribution in [3.05, 3.63) is 35.9 Å². The topological polar surface area (TPSA) is 82.1 Å². The summed E-state index contributed by atoms with van der Waals surface area (Å²) in [6.07, 6.45) is -0.166. The number of ether oxygens (including phenoxy) is 3. The summed E-state index contributed by atoms with van der Waals surface area (Å²) in [5.41, 5.74) is 0.251. The Morgan fingerprint density at radius 3 is 2.11 bits per heavy atom. The second kappa shape index (κ2) is 10.5. The summed E-state index contributed by atoms with van der Waals surface area (Å²) in [7, 11) is 2.59.